The molecule has 1 N–H and O–H groups in total. The second kappa shape index (κ2) is 6.72. The van der Waals surface area contributed by atoms with Gasteiger partial charge in [0.15, 0.2) is 0 Å². The number of halogens is 1. The molecular weight excluding hydrogens is 303 g/mol. The van der Waals surface area contributed by atoms with Crippen molar-refractivity contribution in [3.63, 3.8) is 0 Å². The van der Waals surface area contributed by atoms with Crippen LogP contribution in [-0.4, -0.2) is 21.1 Å². The highest BCUT2D eigenvalue weighted by atomic mass is 32.2. The summed E-state index contributed by atoms with van der Waals surface area (Å²) in [6.07, 6.45) is -0.724. The van der Waals surface area contributed by atoms with Crippen LogP contribution in [0.4, 0.5) is 4.39 Å². The first-order valence-electron chi connectivity index (χ1n) is 6.67. The first-order valence-corrected chi connectivity index (χ1v) is 7.66. The van der Waals surface area contributed by atoms with E-state index in [9.17, 15) is 9.50 Å². The van der Waals surface area contributed by atoms with Crippen molar-refractivity contribution in [2.75, 3.05) is 5.75 Å². The molecule has 3 rings (SSSR count). The number of aliphatic hydroxyl groups excluding tert-OH is 1. The lowest BCUT2D eigenvalue weighted by molar-refractivity contribution is 0.203. The van der Waals surface area contributed by atoms with Gasteiger partial charge in [0, 0.05) is 11.3 Å². The van der Waals surface area contributed by atoms with Gasteiger partial charge in [0.25, 0.3) is 5.22 Å². The lowest BCUT2D eigenvalue weighted by Gasteiger charge is -2.08. The highest BCUT2D eigenvalue weighted by Crippen LogP contribution is 2.26. The summed E-state index contributed by atoms with van der Waals surface area (Å²) in [5.74, 6) is 0.467. The zero-order valence-corrected chi connectivity index (χ0v) is 12.3. The number of aromatic nitrogens is 2. The third-order valence-corrected chi connectivity index (χ3v) is 3.94. The number of thioether (sulfide) groups is 1. The van der Waals surface area contributed by atoms with E-state index in [4.69, 9.17) is 4.42 Å². The first kappa shape index (κ1) is 14.7. The van der Waals surface area contributed by atoms with E-state index in [0.29, 0.717) is 22.4 Å². The molecule has 4 nitrogen and oxygen atoms in total. The molecular formula is C16H13FN2O2S. The van der Waals surface area contributed by atoms with Crippen LogP contribution in [0.2, 0.25) is 0 Å². The topological polar surface area (TPSA) is 59.2 Å². The van der Waals surface area contributed by atoms with Gasteiger partial charge in [-0.25, -0.2) is 4.39 Å². The summed E-state index contributed by atoms with van der Waals surface area (Å²) in [6.45, 7) is 0. The number of hydrogen-bond donors (Lipinski definition) is 1. The Morgan fingerprint density at radius 3 is 2.50 bits per heavy atom. The van der Waals surface area contributed by atoms with E-state index in [2.05, 4.69) is 10.2 Å². The Bertz CT molecular complexity index is 731. The molecule has 0 aliphatic rings. The van der Waals surface area contributed by atoms with E-state index in [1.54, 1.807) is 12.1 Å². The summed E-state index contributed by atoms with van der Waals surface area (Å²) < 4.78 is 18.4. The molecule has 1 atom stereocenters. The van der Waals surface area contributed by atoms with Gasteiger partial charge in [-0.05, 0) is 29.8 Å². The maximum atomic E-state index is 12.8. The van der Waals surface area contributed by atoms with Crippen LogP contribution in [0.15, 0.2) is 64.2 Å². The van der Waals surface area contributed by atoms with Gasteiger partial charge in [0.2, 0.25) is 5.89 Å². The van der Waals surface area contributed by atoms with Gasteiger partial charge in [-0.15, -0.1) is 10.2 Å². The molecule has 0 amide bonds. The lowest BCUT2D eigenvalue weighted by atomic mass is 10.1. The molecule has 0 fully saturated rings. The molecule has 0 aliphatic heterocycles. The number of hydrogen-bond acceptors (Lipinski definition) is 5. The van der Waals surface area contributed by atoms with Gasteiger partial charge in [-0.3, -0.25) is 0 Å². The molecule has 3 aromatic rings. The molecule has 22 heavy (non-hydrogen) atoms. The van der Waals surface area contributed by atoms with Crippen LogP contribution in [0, 0.1) is 5.82 Å². The molecule has 0 aliphatic carbocycles. The Kier molecular flexibility index (Phi) is 4.50. The summed E-state index contributed by atoms with van der Waals surface area (Å²) in [4.78, 5) is 0. The fourth-order valence-electron chi connectivity index (χ4n) is 1.90. The van der Waals surface area contributed by atoms with Crippen molar-refractivity contribution in [1.29, 1.82) is 0 Å². The zero-order chi connectivity index (χ0) is 15.4. The molecule has 1 unspecified atom stereocenters. The van der Waals surface area contributed by atoms with Crippen LogP contribution in [0.1, 0.15) is 11.7 Å². The smallest absolute Gasteiger partial charge is 0.276 e. The Labute approximate surface area is 131 Å². The minimum atomic E-state index is -0.724. The van der Waals surface area contributed by atoms with Crippen molar-refractivity contribution in [3.8, 4) is 11.5 Å². The number of benzene rings is 2. The van der Waals surface area contributed by atoms with Crippen LogP contribution < -0.4 is 0 Å². The predicted octanol–water partition coefficient (Wildman–Crippen LogP) is 3.70. The minimum Gasteiger partial charge on any atom is -0.411 e. The van der Waals surface area contributed by atoms with E-state index in [1.165, 1.54) is 23.9 Å². The molecule has 2 aromatic carbocycles. The minimum absolute atomic E-state index is 0.326. The van der Waals surface area contributed by atoms with Gasteiger partial charge in [0.1, 0.15) is 5.82 Å². The van der Waals surface area contributed by atoms with Crippen molar-refractivity contribution < 1.29 is 13.9 Å². The summed E-state index contributed by atoms with van der Waals surface area (Å²) in [5.41, 5.74) is 1.50. The average Bonchev–Trinajstić information content (AvgIpc) is 3.03. The normalized spacial score (nSPS) is 12.3. The number of rotatable bonds is 5. The number of nitrogens with zero attached hydrogens (tertiary/aromatic N) is 2. The zero-order valence-electron chi connectivity index (χ0n) is 11.5. The summed E-state index contributed by atoms with van der Waals surface area (Å²) >= 11 is 1.26. The third-order valence-electron chi connectivity index (χ3n) is 3.05. The van der Waals surface area contributed by atoms with Gasteiger partial charge < -0.3 is 9.52 Å². The van der Waals surface area contributed by atoms with Gasteiger partial charge >= 0.3 is 0 Å². The van der Waals surface area contributed by atoms with Crippen molar-refractivity contribution in [3.05, 3.63) is 66.0 Å². The molecule has 112 valence electrons. The molecule has 0 saturated heterocycles. The largest absolute Gasteiger partial charge is 0.411 e. The Balaban J connectivity index is 1.62. The molecule has 1 aromatic heterocycles. The third kappa shape index (κ3) is 3.52. The highest BCUT2D eigenvalue weighted by molar-refractivity contribution is 7.99. The van der Waals surface area contributed by atoms with Crippen LogP contribution in [0.5, 0.6) is 0 Å². The summed E-state index contributed by atoms with van der Waals surface area (Å²) in [6, 6.07) is 15.2. The fourth-order valence-corrected chi connectivity index (χ4v) is 2.63. The van der Waals surface area contributed by atoms with Gasteiger partial charge in [-0.2, -0.15) is 0 Å². The average molecular weight is 316 g/mol. The maximum absolute atomic E-state index is 12.8. The van der Waals surface area contributed by atoms with Crippen molar-refractivity contribution in [1.82, 2.24) is 10.2 Å². The van der Waals surface area contributed by atoms with Crippen LogP contribution in [0.25, 0.3) is 11.5 Å². The SMILES string of the molecule is OC(CSc1nnc(-c2ccccc2)o1)c1ccc(F)cc1. The molecule has 0 saturated carbocycles. The molecule has 1 heterocycles. The van der Waals surface area contributed by atoms with Gasteiger partial charge in [-0.1, -0.05) is 42.1 Å². The van der Waals surface area contributed by atoms with Crippen molar-refractivity contribution in [2.24, 2.45) is 0 Å². The highest BCUT2D eigenvalue weighted by Gasteiger charge is 2.13. The first-order chi connectivity index (χ1) is 10.7. The van der Waals surface area contributed by atoms with Crippen molar-refractivity contribution in [2.45, 2.75) is 11.3 Å². The van der Waals surface area contributed by atoms with Crippen LogP contribution >= 0.6 is 11.8 Å². The second-order valence-electron chi connectivity index (χ2n) is 4.62. The standard InChI is InChI=1S/C16H13FN2O2S/c17-13-8-6-11(7-9-13)14(20)10-22-16-19-18-15(21-16)12-4-2-1-3-5-12/h1-9,14,20H,10H2. The monoisotopic (exact) mass is 316 g/mol. The van der Waals surface area contributed by atoms with Crippen LogP contribution in [-0.2, 0) is 0 Å². The van der Waals surface area contributed by atoms with Gasteiger partial charge in [0.05, 0.1) is 6.10 Å². The molecule has 0 spiro atoms. The van der Waals surface area contributed by atoms with E-state index < -0.39 is 6.10 Å². The van der Waals surface area contributed by atoms with E-state index in [-0.39, 0.29) is 5.82 Å². The van der Waals surface area contributed by atoms with Crippen LogP contribution in [0.3, 0.4) is 0 Å². The second-order valence-corrected chi connectivity index (χ2v) is 5.59. The predicted molar refractivity (Wildman–Crippen MR) is 81.8 cm³/mol. The Morgan fingerprint density at radius 1 is 1.05 bits per heavy atom. The fraction of sp³-hybridized carbons (Fsp3) is 0.125. The van der Waals surface area contributed by atoms with E-state index >= 15 is 0 Å². The Morgan fingerprint density at radius 2 is 1.77 bits per heavy atom. The lowest BCUT2D eigenvalue weighted by Crippen LogP contribution is -2.00. The molecule has 0 radical (unpaired) electrons. The molecule has 0 bridgehead atoms. The summed E-state index contributed by atoms with van der Waals surface area (Å²) in [5, 5.41) is 18.4. The van der Waals surface area contributed by atoms with E-state index in [0.717, 1.165) is 5.56 Å². The maximum Gasteiger partial charge on any atom is 0.276 e. The Hall–Kier alpha value is -2.18. The quantitative estimate of drug-likeness (QED) is 0.727. The molecule has 6 heteroatoms. The van der Waals surface area contributed by atoms with E-state index in [1.807, 2.05) is 30.3 Å². The summed E-state index contributed by atoms with van der Waals surface area (Å²) in [7, 11) is 0. The van der Waals surface area contributed by atoms with Crippen molar-refractivity contribution >= 4 is 11.8 Å². The number of aliphatic hydroxyl groups is 1.